The Bertz CT molecular complexity index is 1370. The minimum atomic E-state index is -3.86. The summed E-state index contributed by atoms with van der Waals surface area (Å²) < 4.78 is 33.3. The standard InChI is InChI=1S/C26H30N4O4S2/c1-5-7-8-23-29-25(35-4)24(26(31)34-6-2)30(23)16-19-9-11-20(12-10-19)22-14-13-21(15-18(22)3)36(32,33)28-17-27/h9-15,28H,5-8,16H2,1-4H3. The van der Waals surface area contributed by atoms with Gasteiger partial charge in [-0.1, -0.05) is 43.7 Å². The van der Waals surface area contributed by atoms with Gasteiger partial charge in [-0.15, -0.1) is 11.8 Å². The number of carbonyl (C=O) groups excluding carboxylic acids is 1. The van der Waals surface area contributed by atoms with Gasteiger partial charge in [0.15, 0.2) is 11.9 Å². The molecular formula is C26H30N4O4S2. The molecule has 0 radical (unpaired) electrons. The van der Waals surface area contributed by atoms with Crippen LogP contribution in [0.1, 0.15) is 54.1 Å². The zero-order chi connectivity index (χ0) is 26.3. The molecule has 2 aromatic carbocycles. The number of nitriles is 1. The van der Waals surface area contributed by atoms with Crippen molar-refractivity contribution in [3.63, 3.8) is 0 Å². The third-order valence-electron chi connectivity index (χ3n) is 5.72. The first-order valence-electron chi connectivity index (χ1n) is 11.7. The molecule has 0 unspecified atom stereocenters. The lowest BCUT2D eigenvalue weighted by molar-refractivity contribution is 0.0509. The highest BCUT2D eigenvalue weighted by atomic mass is 32.2. The molecule has 1 aromatic heterocycles. The Morgan fingerprint density at radius 2 is 1.92 bits per heavy atom. The molecule has 0 saturated heterocycles. The number of thioether (sulfide) groups is 1. The molecule has 3 rings (SSSR count). The van der Waals surface area contributed by atoms with Crippen molar-refractivity contribution in [3.05, 3.63) is 65.1 Å². The van der Waals surface area contributed by atoms with Crippen LogP contribution in [-0.2, 0) is 27.7 Å². The van der Waals surface area contributed by atoms with Crippen molar-refractivity contribution in [3.8, 4) is 17.3 Å². The molecule has 190 valence electrons. The second-order valence-corrected chi connectivity index (χ2v) is 10.7. The van der Waals surface area contributed by atoms with E-state index in [2.05, 4.69) is 6.92 Å². The van der Waals surface area contributed by atoms with Gasteiger partial charge in [0, 0.05) is 13.0 Å². The summed E-state index contributed by atoms with van der Waals surface area (Å²) in [6, 6.07) is 12.7. The third-order valence-corrected chi connectivity index (χ3v) is 7.63. The van der Waals surface area contributed by atoms with E-state index >= 15 is 0 Å². The highest BCUT2D eigenvalue weighted by Crippen LogP contribution is 2.28. The predicted molar refractivity (Wildman–Crippen MR) is 140 cm³/mol. The van der Waals surface area contributed by atoms with Crippen LogP contribution in [0.4, 0.5) is 0 Å². The molecule has 36 heavy (non-hydrogen) atoms. The number of carbonyl (C=O) groups is 1. The number of esters is 1. The van der Waals surface area contributed by atoms with Crippen molar-refractivity contribution in [2.75, 3.05) is 12.9 Å². The van der Waals surface area contributed by atoms with Crippen LogP contribution < -0.4 is 4.72 Å². The molecule has 1 heterocycles. The van der Waals surface area contributed by atoms with Gasteiger partial charge in [0.25, 0.3) is 10.0 Å². The van der Waals surface area contributed by atoms with Gasteiger partial charge in [0.1, 0.15) is 10.9 Å². The maximum Gasteiger partial charge on any atom is 0.357 e. The van der Waals surface area contributed by atoms with Gasteiger partial charge in [0.2, 0.25) is 0 Å². The van der Waals surface area contributed by atoms with Gasteiger partial charge in [0.05, 0.1) is 11.5 Å². The quantitative estimate of drug-likeness (QED) is 0.163. The van der Waals surface area contributed by atoms with Crippen LogP contribution in [-0.4, -0.2) is 36.8 Å². The van der Waals surface area contributed by atoms with E-state index in [0.29, 0.717) is 23.9 Å². The van der Waals surface area contributed by atoms with Gasteiger partial charge < -0.3 is 9.30 Å². The molecule has 0 aliphatic rings. The highest BCUT2D eigenvalue weighted by molar-refractivity contribution is 7.98. The number of nitrogens with one attached hydrogen (secondary N) is 1. The average Bonchev–Trinajstić information content (AvgIpc) is 3.20. The van der Waals surface area contributed by atoms with E-state index in [4.69, 9.17) is 15.0 Å². The van der Waals surface area contributed by atoms with E-state index < -0.39 is 10.0 Å². The zero-order valence-corrected chi connectivity index (χ0v) is 22.5. The van der Waals surface area contributed by atoms with Gasteiger partial charge in [-0.2, -0.15) is 5.26 Å². The van der Waals surface area contributed by atoms with Gasteiger partial charge in [-0.3, -0.25) is 0 Å². The number of imidazole rings is 1. The topological polar surface area (TPSA) is 114 Å². The molecule has 0 fully saturated rings. The van der Waals surface area contributed by atoms with Crippen molar-refractivity contribution < 1.29 is 17.9 Å². The van der Waals surface area contributed by atoms with E-state index in [1.54, 1.807) is 19.1 Å². The van der Waals surface area contributed by atoms with Crippen molar-refractivity contribution in [2.45, 2.75) is 56.5 Å². The van der Waals surface area contributed by atoms with Crippen LogP contribution in [0.5, 0.6) is 0 Å². The Hall–Kier alpha value is -3.29. The summed E-state index contributed by atoms with van der Waals surface area (Å²) in [5.74, 6) is 0.497. The fourth-order valence-corrected chi connectivity index (χ4v) is 5.33. The first-order chi connectivity index (χ1) is 17.2. The fourth-order valence-electron chi connectivity index (χ4n) is 3.93. The third kappa shape index (κ3) is 6.09. The van der Waals surface area contributed by atoms with E-state index in [1.807, 2.05) is 46.7 Å². The molecule has 0 amide bonds. The number of nitrogens with zero attached hydrogens (tertiary/aromatic N) is 3. The summed E-state index contributed by atoms with van der Waals surface area (Å²) in [6.45, 7) is 6.52. The summed E-state index contributed by atoms with van der Waals surface area (Å²) >= 11 is 1.44. The number of aryl methyl sites for hydroxylation is 2. The van der Waals surface area contributed by atoms with Crippen LogP contribution in [0.15, 0.2) is 52.4 Å². The van der Waals surface area contributed by atoms with E-state index in [0.717, 1.165) is 47.3 Å². The van der Waals surface area contributed by atoms with E-state index in [-0.39, 0.29) is 10.9 Å². The number of hydrogen-bond acceptors (Lipinski definition) is 7. The molecule has 0 aliphatic heterocycles. The molecule has 0 saturated carbocycles. The maximum absolute atomic E-state index is 12.8. The first-order valence-corrected chi connectivity index (χ1v) is 14.4. The Labute approximate surface area is 216 Å². The smallest absolute Gasteiger partial charge is 0.357 e. The molecule has 0 atom stereocenters. The second kappa shape index (κ2) is 12.1. The van der Waals surface area contributed by atoms with Gasteiger partial charge in [-0.05, 0) is 60.9 Å². The average molecular weight is 527 g/mol. The SMILES string of the molecule is CCCCc1nc(SC)c(C(=O)OCC)n1Cc1ccc(-c2ccc(S(=O)(=O)NC#N)cc2C)cc1. The number of benzene rings is 2. The normalized spacial score (nSPS) is 11.2. The lowest BCUT2D eigenvalue weighted by Gasteiger charge is -2.13. The summed E-state index contributed by atoms with van der Waals surface area (Å²) in [6.07, 6.45) is 6.14. The van der Waals surface area contributed by atoms with Crippen molar-refractivity contribution in [1.29, 1.82) is 5.26 Å². The maximum atomic E-state index is 12.8. The predicted octanol–water partition coefficient (Wildman–Crippen LogP) is 4.91. The lowest BCUT2D eigenvalue weighted by atomic mass is 9.99. The molecule has 0 bridgehead atoms. The number of unbranched alkanes of at least 4 members (excludes halogenated alkanes) is 1. The number of rotatable bonds is 11. The van der Waals surface area contributed by atoms with Gasteiger partial charge >= 0.3 is 5.97 Å². The second-order valence-electron chi connectivity index (χ2n) is 8.19. The minimum Gasteiger partial charge on any atom is -0.461 e. The van der Waals surface area contributed by atoms with Crippen LogP contribution in [0, 0.1) is 18.4 Å². The molecule has 10 heteroatoms. The van der Waals surface area contributed by atoms with E-state index in [9.17, 15) is 13.2 Å². The van der Waals surface area contributed by atoms with Crippen molar-refractivity contribution in [2.24, 2.45) is 0 Å². The molecule has 3 aromatic rings. The first kappa shape index (κ1) is 27.3. The van der Waals surface area contributed by atoms with E-state index in [1.165, 1.54) is 24.0 Å². The van der Waals surface area contributed by atoms with Crippen LogP contribution >= 0.6 is 11.8 Å². The number of hydrogen-bond donors (Lipinski definition) is 1. The summed E-state index contributed by atoms with van der Waals surface area (Å²) in [7, 11) is -3.86. The van der Waals surface area contributed by atoms with Crippen LogP contribution in [0.3, 0.4) is 0 Å². The molecule has 0 spiro atoms. The van der Waals surface area contributed by atoms with Crippen molar-refractivity contribution in [1.82, 2.24) is 14.3 Å². The fraction of sp³-hybridized carbons (Fsp3) is 0.346. The number of sulfonamides is 1. The monoisotopic (exact) mass is 526 g/mol. The largest absolute Gasteiger partial charge is 0.461 e. The molecule has 0 aliphatic carbocycles. The Kier molecular flexibility index (Phi) is 9.18. The van der Waals surface area contributed by atoms with Crippen LogP contribution in [0.25, 0.3) is 11.1 Å². The van der Waals surface area contributed by atoms with Crippen LogP contribution in [0.2, 0.25) is 0 Å². The number of aromatic nitrogens is 2. The highest BCUT2D eigenvalue weighted by Gasteiger charge is 2.24. The number of ether oxygens (including phenoxy) is 1. The summed E-state index contributed by atoms with van der Waals surface area (Å²) in [4.78, 5) is 17.6. The molecular weight excluding hydrogens is 496 g/mol. The summed E-state index contributed by atoms with van der Waals surface area (Å²) in [5, 5.41) is 9.35. The van der Waals surface area contributed by atoms with Crippen molar-refractivity contribution >= 4 is 27.8 Å². The molecule has 8 nitrogen and oxygen atoms in total. The Morgan fingerprint density at radius 3 is 2.50 bits per heavy atom. The minimum absolute atomic E-state index is 0.0396. The van der Waals surface area contributed by atoms with Gasteiger partial charge in [-0.25, -0.2) is 22.9 Å². The zero-order valence-electron chi connectivity index (χ0n) is 20.9. The Balaban J connectivity index is 1.93. The summed E-state index contributed by atoms with van der Waals surface area (Å²) in [5.41, 5.74) is 4.08. The Morgan fingerprint density at radius 1 is 1.19 bits per heavy atom. The lowest BCUT2D eigenvalue weighted by Crippen LogP contribution is -2.18. The molecule has 1 N–H and O–H groups in total.